The van der Waals surface area contributed by atoms with Gasteiger partial charge >= 0.3 is 6.18 Å². The Bertz CT molecular complexity index is 773. The molecule has 8 heteroatoms. The number of anilines is 1. The van der Waals surface area contributed by atoms with Crippen LogP contribution in [0.2, 0.25) is 0 Å². The third-order valence-corrected chi connectivity index (χ3v) is 4.08. The SMILES string of the molecule is N#Cc1ccc(NCc2nnc3n2CCCCC3)c(C(F)(F)F)c1. The summed E-state index contributed by atoms with van der Waals surface area (Å²) in [5.74, 6) is 1.52. The molecule has 1 aliphatic heterocycles. The molecule has 2 aromatic rings. The summed E-state index contributed by atoms with van der Waals surface area (Å²) in [6.45, 7) is 0.945. The van der Waals surface area contributed by atoms with Crippen LogP contribution in [0.1, 0.15) is 42.0 Å². The summed E-state index contributed by atoms with van der Waals surface area (Å²) in [7, 11) is 0. The summed E-state index contributed by atoms with van der Waals surface area (Å²) in [4.78, 5) is 0. The molecule has 1 aromatic carbocycles. The average Bonchev–Trinajstić information content (AvgIpc) is 2.78. The molecule has 24 heavy (non-hydrogen) atoms. The highest BCUT2D eigenvalue weighted by atomic mass is 19.4. The number of nitriles is 1. The first-order chi connectivity index (χ1) is 11.5. The van der Waals surface area contributed by atoms with Gasteiger partial charge in [-0.3, -0.25) is 0 Å². The van der Waals surface area contributed by atoms with Crippen LogP contribution < -0.4 is 5.32 Å². The van der Waals surface area contributed by atoms with Crippen molar-refractivity contribution in [3.8, 4) is 6.07 Å². The van der Waals surface area contributed by atoms with Crippen LogP contribution in [-0.4, -0.2) is 14.8 Å². The molecule has 1 aromatic heterocycles. The van der Waals surface area contributed by atoms with Crippen LogP contribution in [0.15, 0.2) is 18.2 Å². The summed E-state index contributed by atoms with van der Waals surface area (Å²) >= 11 is 0. The lowest BCUT2D eigenvalue weighted by molar-refractivity contribution is -0.137. The van der Waals surface area contributed by atoms with Crippen molar-refractivity contribution in [1.82, 2.24) is 14.8 Å². The second-order valence-corrected chi connectivity index (χ2v) is 5.72. The monoisotopic (exact) mass is 335 g/mol. The van der Waals surface area contributed by atoms with Gasteiger partial charge in [0.05, 0.1) is 23.7 Å². The van der Waals surface area contributed by atoms with Gasteiger partial charge in [-0.1, -0.05) is 6.42 Å². The molecule has 2 heterocycles. The summed E-state index contributed by atoms with van der Waals surface area (Å²) in [6, 6.07) is 5.23. The topological polar surface area (TPSA) is 66.5 Å². The highest BCUT2D eigenvalue weighted by Gasteiger charge is 2.34. The van der Waals surface area contributed by atoms with Crippen molar-refractivity contribution in [2.45, 2.75) is 44.9 Å². The molecule has 0 amide bonds. The van der Waals surface area contributed by atoms with Crippen molar-refractivity contribution in [2.75, 3.05) is 5.32 Å². The second kappa shape index (κ2) is 6.51. The van der Waals surface area contributed by atoms with Crippen LogP contribution in [0.4, 0.5) is 18.9 Å². The van der Waals surface area contributed by atoms with Crippen molar-refractivity contribution in [1.29, 1.82) is 5.26 Å². The summed E-state index contributed by atoms with van der Waals surface area (Å²) in [6.07, 6.45) is -0.499. The number of halogens is 3. The fraction of sp³-hybridized carbons (Fsp3) is 0.438. The van der Waals surface area contributed by atoms with Gasteiger partial charge in [-0.2, -0.15) is 18.4 Å². The molecular formula is C16H16F3N5. The first-order valence-electron chi connectivity index (χ1n) is 7.75. The predicted molar refractivity (Wildman–Crippen MR) is 81.1 cm³/mol. The Morgan fingerprint density at radius 2 is 2.04 bits per heavy atom. The number of hydrogen-bond acceptors (Lipinski definition) is 4. The molecule has 0 saturated heterocycles. The smallest absolute Gasteiger partial charge is 0.377 e. The number of aryl methyl sites for hydroxylation is 1. The predicted octanol–water partition coefficient (Wildman–Crippen LogP) is 3.51. The van der Waals surface area contributed by atoms with Crippen LogP contribution in [0.5, 0.6) is 0 Å². The lowest BCUT2D eigenvalue weighted by atomic mass is 10.1. The lowest BCUT2D eigenvalue weighted by Gasteiger charge is -2.15. The largest absolute Gasteiger partial charge is 0.418 e. The summed E-state index contributed by atoms with van der Waals surface area (Å²) in [5, 5.41) is 19.8. The number of benzene rings is 1. The molecular weight excluding hydrogens is 319 g/mol. The number of alkyl halides is 3. The van der Waals surface area contributed by atoms with Crippen molar-refractivity contribution in [3.63, 3.8) is 0 Å². The van der Waals surface area contributed by atoms with Gasteiger partial charge in [-0.15, -0.1) is 10.2 Å². The first-order valence-corrected chi connectivity index (χ1v) is 7.75. The van der Waals surface area contributed by atoms with Gasteiger partial charge in [-0.25, -0.2) is 0 Å². The molecule has 0 unspecified atom stereocenters. The van der Waals surface area contributed by atoms with Crippen molar-refractivity contribution < 1.29 is 13.2 Å². The van der Waals surface area contributed by atoms with Crippen LogP contribution >= 0.6 is 0 Å². The molecule has 126 valence electrons. The Morgan fingerprint density at radius 3 is 2.79 bits per heavy atom. The first kappa shape index (κ1) is 16.3. The Morgan fingerprint density at radius 1 is 1.21 bits per heavy atom. The fourth-order valence-corrected chi connectivity index (χ4v) is 2.85. The number of hydrogen-bond donors (Lipinski definition) is 1. The zero-order chi connectivity index (χ0) is 17.2. The van der Waals surface area contributed by atoms with Crippen LogP contribution in [0.3, 0.4) is 0 Å². The van der Waals surface area contributed by atoms with Gasteiger partial charge in [0, 0.05) is 18.7 Å². The van der Waals surface area contributed by atoms with Gasteiger partial charge < -0.3 is 9.88 Å². The van der Waals surface area contributed by atoms with Crippen LogP contribution in [0.25, 0.3) is 0 Å². The maximum atomic E-state index is 13.2. The van der Waals surface area contributed by atoms with Gasteiger partial charge in [0.25, 0.3) is 0 Å². The number of nitrogens with zero attached hydrogens (tertiary/aromatic N) is 4. The summed E-state index contributed by atoms with van der Waals surface area (Å²) < 4.78 is 41.5. The quantitative estimate of drug-likeness (QED) is 0.932. The van der Waals surface area contributed by atoms with Crippen LogP contribution in [0, 0.1) is 11.3 Å². The number of aromatic nitrogens is 3. The average molecular weight is 335 g/mol. The van der Waals surface area contributed by atoms with Crippen LogP contribution in [-0.2, 0) is 25.7 Å². The lowest BCUT2D eigenvalue weighted by Crippen LogP contribution is -2.14. The van der Waals surface area contributed by atoms with E-state index in [2.05, 4.69) is 15.5 Å². The molecule has 0 radical (unpaired) electrons. The highest BCUT2D eigenvalue weighted by Crippen LogP contribution is 2.35. The maximum Gasteiger partial charge on any atom is 0.418 e. The van der Waals surface area contributed by atoms with E-state index in [1.54, 1.807) is 6.07 Å². The van der Waals surface area contributed by atoms with Crippen molar-refractivity contribution in [3.05, 3.63) is 41.0 Å². The van der Waals surface area contributed by atoms with E-state index in [-0.39, 0.29) is 17.8 Å². The minimum Gasteiger partial charge on any atom is -0.377 e. The van der Waals surface area contributed by atoms with Gasteiger partial charge in [0.2, 0.25) is 0 Å². The van der Waals surface area contributed by atoms with E-state index in [4.69, 9.17) is 5.26 Å². The highest BCUT2D eigenvalue weighted by molar-refractivity contribution is 5.56. The Balaban J connectivity index is 1.83. The number of fused-ring (bicyclic) bond motifs is 1. The van der Waals surface area contributed by atoms with Gasteiger partial charge in [0.1, 0.15) is 5.82 Å². The third-order valence-electron chi connectivity index (χ3n) is 4.08. The molecule has 0 bridgehead atoms. The molecule has 3 rings (SSSR count). The summed E-state index contributed by atoms with van der Waals surface area (Å²) in [5.41, 5.74) is -0.936. The van der Waals surface area contributed by atoms with E-state index < -0.39 is 11.7 Å². The van der Waals surface area contributed by atoms with E-state index >= 15 is 0 Å². The van der Waals surface area contributed by atoms with E-state index in [1.807, 2.05) is 4.57 Å². The van der Waals surface area contributed by atoms with Gasteiger partial charge in [0.15, 0.2) is 5.82 Å². The molecule has 0 spiro atoms. The van der Waals surface area contributed by atoms with E-state index in [0.717, 1.165) is 44.1 Å². The molecule has 0 fully saturated rings. The van der Waals surface area contributed by atoms with E-state index in [1.165, 1.54) is 12.1 Å². The number of nitrogens with one attached hydrogen (secondary N) is 1. The molecule has 0 saturated carbocycles. The standard InChI is InChI=1S/C16H16F3N5/c17-16(18,19)12-8-11(9-20)5-6-13(12)21-10-15-23-22-14-4-2-1-3-7-24(14)15/h5-6,8,21H,1-4,7,10H2. The van der Waals surface area contributed by atoms with E-state index in [9.17, 15) is 13.2 Å². The Kier molecular flexibility index (Phi) is 4.42. The van der Waals surface area contributed by atoms with E-state index in [0.29, 0.717) is 5.82 Å². The maximum absolute atomic E-state index is 13.2. The second-order valence-electron chi connectivity index (χ2n) is 5.72. The fourth-order valence-electron chi connectivity index (χ4n) is 2.85. The molecule has 0 aliphatic carbocycles. The minimum atomic E-state index is -4.53. The molecule has 1 N–H and O–H groups in total. The number of rotatable bonds is 3. The normalized spacial score (nSPS) is 14.6. The van der Waals surface area contributed by atoms with Gasteiger partial charge in [-0.05, 0) is 31.0 Å². The molecule has 5 nitrogen and oxygen atoms in total. The Hall–Kier alpha value is -2.56. The molecule has 0 atom stereocenters. The van der Waals surface area contributed by atoms with Crippen molar-refractivity contribution >= 4 is 5.69 Å². The Labute approximate surface area is 137 Å². The molecule has 1 aliphatic rings. The minimum absolute atomic E-state index is 0.0239. The third kappa shape index (κ3) is 3.35. The van der Waals surface area contributed by atoms with Crippen molar-refractivity contribution in [2.24, 2.45) is 0 Å². The zero-order valence-corrected chi connectivity index (χ0v) is 12.9. The zero-order valence-electron chi connectivity index (χ0n) is 12.9.